The minimum absolute atomic E-state index is 0.214. The number of nitrogens with zero attached hydrogens (tertiary/aromatic N) is 1. The van der Waals surface area contributed by atoms with E-state index in [9.17, 15) is 9.18 Å². The summed E-state index contributed by atoms with van der Waals surface area (Å²) < 4.78 is 17.5. The largest absolute Gasteiger partial charge is 0.459 e. The number of hydrogen-bond acceptors (Lipinski definition) is 3. The first-order valence-electron chi connectivity index (χ1n) is 5.47. The topological polar surface area (TPSA) is 29.5 Å². The van der Waals surface area contributed by atoms with Gasteiger partial charge in [0.05, 0.1) is 0 Å². The summed E-state index contributed by atoms with van der Waals surface area (Å²) in [7, 11) is 0. The van der Waals surface area contributed by atoms with E-state index in [2.05, 4.69) is 0 Å². The molecule has 0 spiro atoms. The zero-order valence-electron chi connectivity index (χ0n) is 9.75. The number of carbonyl (C=O) groups excluding carboxylic acids is 1. The number of likely N-dealkylation sites (tertiary alicyclic amines) is 1. The van der Waals surface area contributed by atoms with Gasteiger partial charge in [0, 0.05) is 6.54 Å². The summed E-state index contributed by atoms with van der Waals surface area (Å²) in [5, 5.41) is 0. The summed E-state index contributed by atoms with van der Waals surface area (Å²) in [6.45, 7) is 6.27. The van der Waals surface area contributed by atoms with E-state index in [1.165, 1.54) is 0 Å². The standard InChI is InChI=1S/C11H20FNO2/c1-11(2,3)15-10(14)9-5-4-7-13(9)8-6-12/h9H,4-8H2,1-3H3/t9-/m0/s1. The van der Waals surface area contributed by atoms with E-state index in [1.54, 1.807) is 0 Å². The molecular formula is C11H20FNO2. The highest BCUT2D eigenvalue weighted by Crippen LogP contribution is 2.20. The number of carbonyl (C=O) groups is 1. The van der Waals surface area contributed by atoms with Crippen molar-refractivity contribution in [3.8, 4) is 0 Å². The molecule has 0 aromatic rings. The Kier molecular flexibility index (Phi) is 4.08. The van der Waals surface area contributed by atoms with Gasteiger partial charge in [-0.15, -0.1) is 0 Å². The minimum atomic E-state index is -0.457. The molecule has 88 valence electrons. The van der Waals surface area contributed by atoms with Gasteiger partial charge >= 0.3 is 5.97 Å². The Morgan fingerprint density at radius 1 is 1.53 bits per heavy atom. The quantitative estimate of drug-likeness (QED) is 0.675. The van der Waals surface area contributed by atoms with E-state index < -0.39 is 12.3 Å². The molecule has 1 aliphatic heterocycles. The van der Waals surface area contributed by atoms with Crippen LogP contribution in [-0.4, -0.2) is 42.3 Å². The lowest BCUT2D eigenvalue weighted by molar-refractivity contribution is -0.160. The van der Waals surface area contributed by atoms with Crippen LogP contribution in [-0.2, 0) is 9.53 Å². The highest BCUT2D eigenvalue weighted by atomic mass is 19.1. The van der Waals surface area contributed by atoms with Gasteiger partial charge in [-0.25, -0.2) is 4.39 Å². The van der Waals surface area contributed by atoms with Crippen molar-refractivity contribution >= 4 is 5.97 Å². The van der Waals surface area contributed by atoms with Crippen molar-refractivity contribution in [1.29, 1.82) is 0 Å². The maximum absolute atomic E-state index is 12.2. The summed E-state index contributed by atoms with van der Waals surface area (Å²) in [5.41, 5.74) is -0.457. The monoisotopic (exact) mass is 217 g/mol. The van der Waals surface area contributed by atoms with Crippen LogP contribution in [0.25, 0.3) is 0 Å². The van der Waals surface area contributed by atoms with Crippen molar-refractivity contribution in [3.63, 3.8) is 0 Å². The van der Waals surface area contributed by atoms with Gasteiger partial charge in [-0.2, -0.15) is 0 Å². The molecule has 0 aromatic heterocycles. The van der Waals surface area contributed by atoms with Gasteiger partial charge in [0.2, 0.25) is 0 Å². The molecule has 0 amide bonds. The predicted octanol–water partition coefficient (Wildman–Crippen LogP) is 1.76. The third-order valence-corrected chi connectivity index (χ3v) is 2.41. The van der Waals surface area contributed by atoms with Gasteiger partial charge in [-0.1, -0.05) is 0 Å². The van der Waals surface area contributed by atoms with Crippen molar-refractivity contribution < 1.29 is 13.9 Å². The molecule has 1 rings (SSSR count). The van der Waals surface area contributed by atoms with E-state index in [0.717, 1.165) is 19.4 Å². The molecule has 1 fully saturated rings. The molecule has 0 radical (unpaired) electrons. The van der Waals surface area contributed by atoms with Gasteiger partial charge < -0.3 is 4.74 Å². The van der Waals surface area contributed by atoms with Crippen LogP contribution < -0.4 is 0 Å². The molecule has 0 aliphatic carbocycles. The van der Waals surface area contributed by atoms with Crippen LogP contribution in [0, 0.1) is 0 Å². The highest BCUT2D eigenvalue weighted by molar-refractivity contribution is 5.76. The van der Waals surface area contributed by atoms with E-state index in [4.69, 9.17) is 4.74 Å². The predicted molar refractivity (Wildman–Crippen MR) is 56.4 cm³/mol. The molecule has 1 aliphatic rings. The van der Waals surface area contributed by atoms with Gasteiger partial charge in [0.25, 0.3) is 0 Å². The Hall–Kier alpha value is -0.640. The smallest absolute Gasteiger partial charge is 0.323 e. The molecule has 15 heavy (non-hydrogen) atoms. The summed E-state index contributed by atoms with van der Waals surface area (Å²) in [6.07, 6.45) is 1.73. The van der Waals surface area contributed by atoms with Crippen molar-refractivity contribution in [3.05, 3.63) is 0 Å². The molecule has 0 N–H and O–H groups in total. The van der Waals surface area contributed by atoms with Crippen LogP contribution >= 0.6 is 0 Å². The summed E-state index contributed by atoms with van der Waals surface area (Å²) >= 11 is 0. The second kappa shape index (κ2) is 4.92. The average molecular weight is 217 g/mol. The maximum Gasteiger partial charge on any atom is 0.323 e. The Morgan fingerprint density at radius 3 is 2.73 bits per heavy atom. The van der Waals surface area contributed by atoms with E-state index in [-0.39, 0.29) is 12.0 Å². The zero-order chi connectivity index (χ0) is 11.5. The maximum atomic E-state index is 12.2. The number of halogens is 1. The zero-order valence-corrected chi connectivity index (χ0v) is 9.75. The molecule has 1 saturated heterocycles. The molecule has 0 bridgehead atoms. The lowest BCUT2D eigenvalue weighted by Gasteiger charge is -2.26. The molecule has 0 aromatic carbocycles. The second-order valence-electron chi connectivity index (χ2n) is 4.92. The molecule has 4 heteroatoms. The first-order valence-corrected chi connectivity index (χ1v) is 5.47. The summed E-state index contributed by atoms with van der Waals surface area (Å²) in [5.74, 6) is -0.214. The Balaban J connectivity index is 2.51. The highest BCUT2D eigenvalue weighted by Gasteiger charge is 2.33. The van der Waals surface area contributed by atoms with Crippen molar-refractivity contribution in [1.82, 2.24) is 4.90 Å². The van der Waals surface area contributed by atoms with Crippen molar-refractivity contribution in [2.45, 2.75) is 45.3 Å². The normalized spacial score (nSPS) is 23.1. The SMILES string of the molecule is CC(C)(C)OC(=O)[C@@H]1CCCN1CCF. The van der Waals surface area contributed by atoms with Gasteiger partial charge in [-0.3, -0.25) is 9.69 Å². The molecule has 0 unspecified atom stereocenters. The van der Waals surface area contributed by atoms with Crippen LogP contribution in [0.4, 0.5) is 4.39 Å². The fourth-order valence-corrected chi connectivity index (χ4v) is 1.84. The van der Waals surface area contributed by atoms with Crippen LogP contribution in [0.2, 0.25) is 0 Å². The third-order valence-electron chi connectivity index (χ3n) is 2.41. The van der Waals surface area contributed by atoms with Crippen LogP contribution in [0.1, 0.15) is 33.6 Å². The number of esters is 1. The third kappa shape index (κ3) is 3.78. The fraction of sp³-hybridized carbons (Fsp3) is 0.909. The first-order chi connectivity index (χ1) is 6.94. The summed E-state index contributed by atoms with van der Waals surface area (Å²) in [6, 6.07) is -0.236. The van der Waals surface area contributed by atoms with E-state index >= 15 is 0 Å². The van der Waals surface area contributed by atoms with E-state index in [0.29, 0.717) is 6.54 Å². The molecule has 1 atom stereocenters. The minimum Gasteiger partial charge on any atom is -0.459 e. The number of hydrogen-bond donors (Lipinski definition) is 0. The Morgan fingerprint density at radius 2 is 2.20 bits per heavy atom. The number of alkyl halides is 1. The van der Waals surface area contributed by atoms with E-state index in [1.807, 2.05) is 25.7 Å². The fourth-order valence-electron chi connectivity index (χ4n) is 1.84. The molecule has 0 saturated carbocycles. The average Bonchev–Trinajstić information content (AvgIpc) is 2.49. The summed E-state index contributed by atoms with van der Waals surface area (Å²) in [4.78, 5) is 13.6. The van der Waals surface area contributed by atoms with Crippen molar-refractivity contribution in [2.24, 2.45) is 0 Å². The lowest BCUT2D eigenvalue weighted by Crippen LogP contribution is -2.41. The van der Waals surface area contributed by atoms with Crippen LogP contribution in [0.15, 0.2) is 0 Å². The number of ether oxygens (including phenoxy) is 1. The molecule has 1 heterocycles. The second-order valence-corrected chi connectivity index (χ2v) is 4.92. The van der Waals surface area contributed by atoms with Crippen LogP contribution in [0.3, 0.4) is 0 Å². The van der Waals surface area contributed by atoms with Gasteiger partial charge in [0.15, 0.2) is 0 Å². The van der Waals surface area contributed by atoms with Crippen molar-refractivity contribution in [2.75, 3.05) is 19.8 Å². The van der Waals surface area contributed by atoms with Gasteiger partial charge in [-0.05, 0) is 40.2 Å². The van der Waals surface area contributed by atoms with Crippen LogP contribution in [0.5, 0.6) is 0 Å². The van der Waals surface area contributed by atoms with Gasteiger partial charge in [0.1, 0.15) is 18.3 Å². The Bertz CT molecular complexity index is 225. The lowest BCUT2D eigenvalue weighted by atomic mass is 10.1. The first kappa shape index (κ1) is 12.4. The molecular weight excluding hydrogens is 197 g/mol. The Labute approximate surface area is 90.6 Å². The molecule has 3 nitrogen and oxygen atoms in total. The number of rotatable bonds is 3.